The van der Waals surface area contributed by atoms with Crippen LogP contribution in [0.25, 0.3) is 0 Å². The van der Waals surface area contributed by atoms with Crippen molar-refractivity contribution in [2.24, 2.45) is 11.7 Å². The van der Waals surface area contributed by atoms with Crippen molar-refractivity contribution in [3.63, 3.8) is 0 Å². The molecule has 3 heterocycles. The molecule has 3 aliphatic rings. The summed E-state index contributed by atoms with van der Waals surface area (Å²) in [6.07, 6.45) is 10.6. The number of epoxide rings is 1. The molecule has 1 amide bonds. The lowest BCUT2D eigenvalue weighted by atomic mass is 9.83. The monoisotopic (exact) mass is 680 g/mol. The van der Waals surface area contributed by atoms with Crippen molar-refractivity contribution < 1.29 is 47.5 Å². The maximum Gasteiger partial charge on any atom is 0.303 e. The predicted molar refractivity (Wildman–Crippen MR) is 181 cm³/mol. The number of carbonyl (C=O) groups is 2. The lowest BCUT2D eigenvalue weighted by Crippen LogP contribution is -2.55. The van der Waals surface area contributed by atoms with Crippen LogP contribution in [0.1, 0.15) is 67.7 Å². The van der Waals surface area contributed by atoms with Gasteiger partial charge in [-0.15, -0.1) is 0 Å². The summed E-state index contributed by atoms with van der Waals surface area (Å²) in [6.45, 7) is 18.1. The van der Waals surface area contributed by atoms with E-state index in [0.29, 0.717) is 59.4 Å². The first-order valence-electron chi connectivity index (χ1n) is 17.4. The summed E-state index contributed by atoms with van der Waals surface area (Å²) < 4.78 is 46.7. The Labute approximate surface area is 287 Å². The summed E-state index contributed by atoms with van der Waals surface area (Å²) in [7, 11) is 0. The van der Waals surface area contributed by atoms with Gasteiger partial charge < -0.3 is 48.9 Å². The third-order valence-corrected chi connectivity index (χ3v) is 8.68. The Morgan fingerprint density at radius 2 is 1.65 bits per heavy atom. The zero-order chi connectivity index (χ0) is 35.2. The molecule has 0 aliphatic carbocycles. The van der Waals surface area contributed by atoms with Crippen LogP contribution in [0.4, 0.5) is 0 Å². The van der Waals surface area contributed by atoms with Crippen LogP contribution in [0.2, 0.25) is 0 Å². The number of hydrogen-bond acceptors (Lipinski definition) is 11. The van der Waals surface area contributed by atoms with Crippen molar-refractivity contribution in [3.8, 4) is 0 Å². The lowest BCUT2D eigenvalue weighted by Gasteiger charge is -2.43. The molecule has 274 valence electrons. The fourth-order valence-corrected chi connectivity index (χ4v) is 6.28. The van der Waals surface area contributed by atoms with Crippen molar-refractivity contribution in [1.29, 1.82) is 0 Å². The highest BCUT2D eigenvalue weighted by Crippen LogP contribution is 2.47. The highest BCUT2D eigenvalue weighted by atomic mass is 16.6. The molecular formula is C36H60N2O10. The van der Waals surface area contributed by atoms with Crippen molar-refractivity contribution in [1.82, 2.24) is 5.32 Å². The number of allylic oxidation sites excluding steroid dienone is 2. The fraction of sp³-hybridized carbons (Fsp3) is 0.778. The molecule has 12 heteroatoms. The molecule has 3 saturated heterocycles. The van der Waals surface area contributed by atoms with Crippen LogP contribution in [-0.2, 0) is 47.5 Å². The Balaban J connectivity index is 1.46. The summed E-state index contributed by atoms with van der Waals surface area (Å²) in [6, 6.07) is -0.103. The van der Waals surface area contributed by atoms with Gasteiger partial charge in [-0.05, 0) is 59.5 Å². The summed E-state index contributed by atoms with van der Waals surface area (Å²) in [4.78, 5) is 23.5. The van der Waals surface area contributed by atoms with E-state index in [-0.39, 0.29) is 59.5 Å². The molecule has 0 saturated carbocycles. The first kappa shape index (κ1) is 40.3. The van der Waals surface area contributed by atoms with Crippen LogP contribution < -0.4 is 11.1 Å². The molecule has 48 heavy (non-hydrogen) atoms. The average Bonchev–Trinajstić information content (AvgIpc) is 3.77. The van der Waals surface area contributed by atoms with Gasteiger partial charge in [0.2, 0.25) is 5.91 Å². The fourth-order valence-electron chi connectivity index (χ4n) is 6.28. The van der Waals surface area contributed by atoms with Crippen molar-refractivity contribution in [2.45, 2.75) is 115 Å². The molecule has 12 nitrogen and oxygen atoms in total. The zero-order valence-electron chi connectivity index (χ0n) is 30.1. The molecular weight excluding hydrogens is 620 g/mol. The molecule has 0 aromatic carbocycles. The van der Waals surface area contributed by atoms with E-state index in [1.54, 1.807) is 13.0 Å². The van der Waals surface area contributed by atoms with Crippen LogP contribution in [0, 0.1) is 5.92 Å². The number of rotatable bonds is 20. The van der Waals surface area contributed by atoms with Crippen LogP contribution in [0.15, 0.2) is 36.0 Å². The average molecular weight is 681 g/mol. The maximum atomic E-state index is 12.5. The number of amides is 1. The van der Waals surface area contributed by atoms with Crippen molar-refractivity contribution >= 4 is 11.9 Å². The Morgan fingerprint density at radius 1 is 1.00 bits per heavy atom. The Kier molecular flexibility index (Phi) is 16.7. The molecule has 0 unspecified atom stereocenters. The molecule has 3 N–H and O–H groups in total. The number of esters is 1. The Bertz CT molecular complexity index is 1090. The van der Waals surface area contributed by atoms with E-state index >= 15 is 0 Å². The largest absolute Gasteiger partial charge is 0.459 e. The lowest BCUT2D eigenvalue weighted by molar-refractivity contribution is -0.191. The van der Waals surface area contributed by atoms with Gasteiger partial charge in [0, 0.05) is 26.0 Å². The van der Waals surface area contributed by atoms with Crippen molar-refractivity contribution in [3.05, 3.63) is 36.0 Å². The molecule has 8 atom stereocenters. The summed E-state index contributed by atoms with van der Waals surface area (Å²) in [5.74, 6) is -0.364. The van der Waals surface area contributed by atoms with Gasteiger partial charge in [-0.1, -0.05) is 30.7 Å². The van der Waals surface area contributed by atoms with E-state index < -0.39 is 6.10 Å². The van der Waals surface area contributed by atoms with Crippen LogP contribution >= 0.6 is 0 Å². The number of hydrogen-bond donors (Lipinski definition) is 2. The topological polar surface area (TPSA) is 149 Å². The third kappa shape index (κ3) is 14.0. The second-order valence-electron chi connectivity index (χ2n) is 13.7. The molecule has 3 rings (SSSR count). The van der Waals surface area contributed by atoms with E-state index in [1.807, 2.05) is 6.92 Å². The molecule has 0 radical (unpaired) electrons. The molecule has 1 spiro atoms. The van der Waals surface area contributed by atoms with Gasteiger partial charge in [-0.3, -0.25) is 9.59 Å². The highest BCUT2D eigenvalue weighted by molar-refractivity contribution is 5.87. The molecule has 3 aliphatic heterocycles. The van der Waals surface area contributed by atoms with Gasteiger partial charge in [0.15, 0.2) is 0 Å². The standard InChI is InChI=1S/C36H60N2O10/c1-25(8-11-31-26(2)22-30(28(4)47-31)38-33(40)13-10-27(3)46-29(5)39)9-12-32-34(36(24-45-36)23-35(6,7)48-32)44-21-20-43-19-18-42-17-16-41-15-14-37/h8-10,12-13,26-28,30-32,34H,11,14-24,37H2,1-7H3,(H,38,40)/b12-9+,13-10-,25-8+/t26-,27-,28+,30+,31-,32+,34+,36+/m0/s1. The van der Waals surface area contributed by atoms with Crippen molar-refractivity contribution in [2.75, 3.05) is 59.4 Å². The minimum atomic E-state index is -0.465. The van der Waals surface area contributed by atoms with Crippen LogP contribution in [-0.4, -0.2) is 119 Å². The number of nitrogens with one attached hydrogen (secondary N) is 1. The van der Waals surface area contributed by atoms with Crippen LogP contribution in [0.3, 0.4) is 0 Å². The quantitative estimate of drug-likeness (QED) is 0.0641. The van der Waals surface area contributed by atoms with Gasteiger partial charge in [0.25, 0.3) is 0 Å². The van der Waals surface area contributed by atoms with E-state index in [1.165, 1.54) is 13.0 Å². The minimum Gasteiger partial charge on any atom is -0.459 e. The number of carbonyl (C=O) groups excluding carboxylic acids is 2. The van der Waals surface area contributed by atoms with E-state index in [4.69, 9.17) is 43.6 Å². The van der Waals surface area contributed by atoms with Gasteiger partial charge in [0.05, 0.1) is 76.7 Å². The normalized spacial score (nSPS) is 31.0. The second-order valence-corrected chi connectivity index (χ2v) is 13.7. The first-order valence-corrected chi connectivity index (χ1v) is 17.4. The van der Waals surface area contributed by atoms with Gasteiger partial charge >= 0.3 is 5.97 Å². The third-order valence-electron chi connectivity index (χ3n) is 8.68. The van der Waals surface area contributed by atoms with Gasteiger partial charge in [-0.25, -0.2) is 0 Å². The molecule has 0 aromatic heterocycles. The second kappa shape index (κ2) is 19.9. The van der Waals surface area contributed by atoms with E-state index in [0.717, 1.165) is 24.8 Å². The SMILES string of the molecule is CC(=O)O[C@@H](C)/C=C\C(=O)N[C@@H]1C[C@H](C)[C@H](C/C=C(C)/C=C/[C@H]2OC(C)(C)C[C@@]3(CO3)[C@@H]2OCCOCCOCCOCCN)O[C@@H]1C. The van der Waals surface area contributed by atoms with Gasteiger partial charge in [0.1, 0.15) is 23.9 Å². The molecule has 0 aromatic rings. The highest BCUT2D eigenvalue weighted by Gasteiger charge is 2.61. The smallest absolute Gasteiger partial charge is 0.303 e. The summed E-state index contributed by atoms with van der Waals surface area (Å²) in [5.41, 5.74) is 5.83. The Hall–Kier alpha value is -2.16. The Morgan fingerprint density at radius 3 is 2.27 bits per heavy atom. The minimum absolute atomic E-state index is 0.0370. The maximum absolute atomic E-state index is 12.5. The zero-order valence-corrected chi connectivity index (χ0v) is 30.1. The number of ether oxygens (including phenoxy) is 8. The first-order chi connectivity index (χ1) is 22.8. The van der Waals surface area contributed by atoms with Gasteiger partial charge in [-0.2, -0.15) is 0 Å². The molecule has 0 bridgehead atoms. The van der Waals surface area contributed by atoms with Crippen LogP contribution in [0.5, 0.6) is 0 Å². The number of nitrogens with two attached hydrogens (primary N) is 1. The van der Waals surface area contributed by atoms with E-state index in [9.17, 15) is 9.59 Å². The molecule has 3 fully saturated rings. The predicted octanol–water partition coefficient (Wildman–Crippen LogP) is 3.42. The summed E-state index contributed by atoms with van der Waals surface area (Å²) in [5, 5.41) is 3.03. The summed E-state index contributed by atoms with van der Waals surface area (Å²) >= 11 is 0. The van der Waals surface area contributed by atoms with E-state index in [2.05, 4.69) is 51.2 Å².